The van der Waals surface area contributed by atoms with E-state index in [-0.39, 0.29) is 29.9 Å². The number of hydrogen-bond acceptors (Lipinski definition) is 4. The van der Waals surface area contributed by atoms with Gasteiger partial charge in [0.15, 0.2) is 0 Å². The number of carbonyl (C=O) groups excluding carboxylic acids is 1. The molecule has 1 aromatic heterocycles. The molecule has 1 aliphatic rings. The topological polar surface area (TPSA) is 73.7 Å². The monoisotopic (exact) mass is 366 g/mol. The Labute approximate surface area is 155 Å². The number of nitrogens with zero attached hydrogens (tertiary/aromatic N) is 2. The third-order valence-electron chi connectivity index (χ3n) is 5.02. The van der Waals surface area contributed by atoms with Crippen molar-refractivity contribution in [2.45, 2.75) is 18.9 Å². The van der Waals surface area contributed by atoms with E-state index in [1.165, 1.54) is 12.1 Å². The number of aromatic nitrogens is 1. The number of aromatic hydroxyl groups is 1. The average molecular weight is 366 g/mol. The predicted molar refractivity (Wildman–Crippen MR) is 99.9 cm³/mol. The largest absolute Gasteiger partial charge is 0.508 e. The molecule has 5 nitrogen and oxygen atoms in total. The highest BCUT2D eigenvalue weighted by molar-refractivity contribution is 6.07. The summed E-state index contributed by atoms with van der Waals surface area (Å²) >= 11 is 0. The maximum absolute atomic E-state index is 14.4. The summed E-state index contributed by atoms with van der Waals surface area (Å²) in [4.78, 5) is 19.4. The molecular weight excluding hydrogens is 347 g/mol. The van der Waals surface area contributed by atoms with E-state index in [0.29, 0.717) is 28.7 Å². The summed E-state index contributed by atoms with van der Waals surface area (Å²) in [6, 6.07) is 12.5. The lowest BCUT2D eigenvalue weighted by Gasteiger charge is -2.24. The van der Waals surface area contributed by atoms with Gasteiger partial charge in [-0.2, -0.15) is 0 Å². The van der Waals surface area contributed by atoms with E-state index >= 15 is 0 Å². The molecule has 1 atom stereocenters. The van der Waals surface area contributed by atoms with Crippen molar-refractivity contribution in [2.75, 3.05) is 13.2 Å². The Balaban J connectivity index is 1.87. The molecule has 27 heavy (non-hydrogen) atoms. The van der Waals surface area contributed by atoms with Crippen molar-refractivity contribution in [1.82, 2.24) is 9.88 Å². The fraction of sp³-hybridized carbons (Fsp3) is 0.238. The summed E-state index contributed by atoms with van der Waals surface area (Å²) in [6.45, 7) is 0.512. The number of fused-ring (bicyclic) bond motifs is 1. The molecule has 1 saturated heterocycles. The summed E-state index contributed by atoms with van der Waals surface area (Å²) in [5.41, 5.74) is 1.57. The Morgan fingerprint density at radius 1 is 1.22 bits per heavy atom. The average Bonchev–Trinajstić information content (AvgIpc) is 3.15. The first-order valence-corrected chi connectivity index (χ1v) is 8.89. The van der Waals surface area contributed by atoms with E-state index in [0.717, 1.165) is 18.9 Å². The number of aliphatic hydroxyl groups is 1. The van der Waals surface area contributed by atoms with Gasteiger partial charge in [-0.1, -0.05) is 18.2 Å². The second-order valence-corrected chi connectivity index (χ2v) is 6.71. The maximum atomic E-state index is 14.4. The van der Waals surface area contributed by atoms with Crippen LogP contribution in [-0.2, 0) is 0 Å². The van der Waals surface area contributed by atoms with Crippen LogP contribution < -0.4 is 0 Å². The van der Waals surface area contributed by atoms with Crippen LogP contribution in [0.4, 0.5) is 4.39 Å². The second-order valence-electron chi connectivity index (χ2n) is 6.71. The lowest BCUT2D eigenvalue weighted by molar-refractivity contribution is 0.0679. The lowest BCUT2D eigenvalue weighted by Crippen LogP contribution is -2.37. The lowest BCUT2D eigenvalue weighted by atomic mass is 10.0. The van der Waals surface area contributed by atoms with Crippen LogP contribution in [0.2, 0.25) is 0 Å². The maximum Gasteiger partial charge on any atom is 0.254 e. The fourth-order valence-electron chi connectivity index (χ4n) is 3.65. The molecule has 0 bridgehead atoms. The number of likely N-dealkylation sites (tertiary alicyclic amines) is 1. The summed E-state index contributed by atoms with van der Waals surface area (Å²) in [7, 11) is 0. The first-order chi connectivity index (χ1) is 13.1. The van der Waals surface area contributed by atoms with Crippen LogP contribution >= 0.6 is 0 Å². The van der Waals surface area contributed by atoms with Crippen molar-refractivity contribution in [2.24, 2.45) is 0 Å². The van der Waals surface area contributed by atoms with E-state index in [1.54, 1.807) is 17.0 Å². The number of halogens is 1. The van der Waals surface area contributed by atoms with E-state index in [9.17, 15) is 19.4 Å². The van der Waals surface area contributed by atoms with Crippen molar-refractivity contribution in [1.29, 1.82) is 0 Å². The van der Waals surface area contributed by atoms with Crippen molar-refractivity contribution in [3.05, 3.63) is 59.9 Å². The predicted octanol–water partition coefficient (Wildman–Crippen LogP) is 3.34. The molecule has 0 radical (unpaired) electrons. The summed E-state index contributed by atoms with van der Waals surface area (Å²) < 4.78 is 14.4. The van der Waals surface area contributed by atoms with Crippen LogP contribution in [0.3, 0.4) is 0 Å². The van der Waals surface area contributed by atoms with Crippen molar-refractivity contribution in [3.8, 4) is 17.0 Å². The van der Waals surface area contributed by atoms with E-state index in [1.807, 2.05) is 18.2 Å². The Kier molecular flexibility index (Phi) is 4.49. The molecule has 4 rings (SSSR count). The van der Waals surface area contributed by atoms with Gasteiger partial charge in [-0.05, 0) is 37.1 Å². The first kappa shape index (κ1) is 17.4. The van der Waals surface area contributed by atoms with Gasteiger partial charge >= 0.3 is 0 Å². The highest BCUT2D eigenvalue weighted by atomic mass is 19.1. The van der Waals surface area contributed by atoms with Gasteiger partial charge in [0, 0.05) is 23.6 Å². The zero-order valence-corrected chi connectivity index (χ0v) is 14.6. The third-order valence-corrected chi connectivity index (χ3v) is 5.02. The second kappa shape index (κ2) is 6.96. The van der Waals surface area contributed by atoms with Crippen LogP contribution in [-0.4, -0.2) is 45.2 Å². The molecule has 0 saturated carbocycles. The first-order valence-electron chi connectivity index (χ1n) is 8.89. The molecule has 2 heterocycles. The van der Waals surface area contributed by atoms with Crippen molar-refractivity contribution >= 4 is 16.8 Å². The van der Waals surface area contributed by atoms with Crippen LogP contribution in [0.5, 0.6) is 5.75 Å². The number of amides is 1. The SMILES string of the molecule is O=C(c1cc(-c2ccc(O)cc2F)nc2ccccc12)N1CCC[C@@H]1CO. The molecule has 0 spiro atoms. The number of aliphatic hydroxyl groups excluding tert-OH is 1. The molecule has 2 aromatic carbocycles. The molecule has 0 unspecified atom stereocenters. The van der Waals surface area contributed by atoms with Gasteiger partial charge in [0.2, 0.25) is 0 Å². The van der Waals surface area contributed by atoms with Crippen LogP contribution in [0.1, 0.15) is 23.2 Å². The number of phenolic OH excluding ortho intramolecular Hbond substituents is 1. The summed E-state index contributed by atoms with van der Waals surface area (Å²) in [5.74, 6) is -0.965. The molecule has 0 aliphatic carbocycles. The molecular formula is C21H19FN2O3. The molecule has 1 fully saturated rings. The fourth-order valence-corrected chi connectivity index (χ4v) is 3.65. The Bertz CT molecular complexity index is 1020. The van der Waals surface area contributed by atoms with Crippen LogP contribution in [0.15, 0.2) is 48.5 Å². The molecule has 2 N–H and O–H groups in total. The Hall–Kier alpha value is -2.99. The Morgan fingerprint density at radius 2 is 2.04 bits per heavy atom. The minimum atomic E-state index is -0.606. The zero-order valence-electron chi connectivity index (χ0n) is 14.6. The molecule has 3 aromatic rings. The van der Waals surface area contributed by atoms with Gasteiger partial charge in [-0.25, -0.2) is 9.37 Å². The minimum absolute atomic E-state index is 0.0752. The Morgan fingerprint density at radius 3 is 2.81 bits per heavy atom. The quantitative estimate of drug-likeness (QED) is 0.746. The number of benzene rings is 2. The van der Waals surface area contributed by atoms with Gasteiger partial charge in [-0.15, -0.1) is 0 Å². The standard InChI is InChI=1S/C21H19FN2O3/c22-18-10-14(26)7-8-16(18)20-11-17(15-5-1-2-6-19(15)23-20)21(27)24-9-3-4-13(24)12-25/h1-2,5-8,10-11,13,25-26H,3-4,9,12H2/t13-/m1/s1. The summed E-state index contributed by atoms with van der Waals surface area (Å²) in [6.07, 6.45) is 1.62. The normalized spacial score (nSPS) is 16.8. The van der Waals surface area contributed by atoms with Gasteiger partial charge < -0.3 is 15.1 Å². The van der Waals surface area contributed by atoms with E-state index in [2.05, 4.69) is 4.98 Å². The van der Waals surface area contributed by atoms with E-state index in [4.69, 9.17) is 0 Å². The number of pyridine rings is 1. The third kappa shape index (κ3) is 3.13. The zero-order chi connectivity index (χ0) is 19.0. The number of carbonyl (C=O) groups is 1. The molecule has 6 heteroatoms. The van der Waals surface area contributed by atoms with Gasteiger partial charge in [0.05, 0.1) is 29.4 Å². The smallest absolute Gasteiger partial charge is 0.254 e. The summed E-state index contributed by atoms with van der Waals surface area (Å²) in [5, 5.41) is 19.7. The number of phenols is 1. The van der Waals surface area contributed by atoms with Crippen LogP contribution in [0.25, 0.3) is 22.2 Å². The van der Waals surface area contributed by atoms with Gasteiger partial charge in [-0.3, -0.25) is 4.79 Å². The molecule has 138 valence electrons. The van der Waals surface area contributed by atoms with Crippen molar-refractivity contribution < 1.29 is 19.4 Å². The van der Waals surface area contributed by atoms with Gasteiger partial charge in [0.1, 0.15) is 11.6 Å². The highest BCUT2D eigenvalue weighted by Gasteiger charge is 2.30. The van der Waals surface area contributed by atoms with E-state index < -0.39 is 5.82 Å². The minimum Gasteiger partial charge on any atom is -0.508 e. The number of rotatable bonds is 3. The number of para-hydroxylation sites is 1. The van der Waals surface area contributed by atoms with Crippen LogP contribution in [0, 0.1) is 5.82 Å². The van der Waals surface area contributed by atoms with Crippen molar-refractivity contribution in [3.63, 3.8) is 0 Å². The van der Waals surface area contributed by atoms with Gasteiger partial charge in [0.25, 0.3) is 5.91 Å². The number of hydrogen-bond donors (Lipinski definition) is 2. The molecule has 1 amide bonds. The highest BCUT2D eigenvalue weighted by Crippen LogP contribution is 2.30. The molecule has 1 aliphatic heterocycles.